The molecule has 0 aromatic rings. The van der Waals surface area contributed by atoms with Gasteiger partial charge in [-0.05, 0) is 20.3 Å². The molecule has 0 saturated carbocycles. The van der Waals surface area contributed by atoms with E-state index in [0.717, 1.165) is 6.42 Å². The van der Waals surface area contributed by atoms with Gasteiger partial charge in [-0.2, -0.15) is 0 Å². The van der Waals surface area contributed by atoms with Crippen LogP contribution in [0, 0.1) is 11.8 Å². The van der Waals surface area contributed by atoms with Crippen LogP contribution in [0.2, 0.25) is 0 Å². The predicted octanol–water partition coefficient (Wildman–Crippen LogP) is 0.668. The van der Waals surface area contributed by atoms with Crippen molar-refractivity contribution in [2.75, 3.05) is 19.7 Å². The van der Waals surface area contributed by atoms with E-state index in [1.165, 1.54) is 0 Å². The quantitative estimate of drug-likeness (QED) is 0.576. The van der Waals surface area contributed by atoms with Crippen LogP contribution in [0.1, 0.15) is 20.3 Å². The molecule has 2 fully saturated rings. The number of carboxylic acid groups (broad SMARTS) is 1. The van der Waals surface area contributed by atoms with Gasteiger partial charge in [0.25, 0.3) is 0 Å². The van der Waals surface area contributed by atoms with Crippen LogP contribution >= 0.6 is 0 Å². The molecule has 1 spiro atoms. The molecule has 6 heteroatoms. The number of likely N-dealkylation sites (tertiary alicyclic amines) is 1. The Kier molecular flexibility index (Phi) is 3.53. The molecule has 1 amide bonds. The Morgan fingerprint density at radius 1 is 1.62 bits per heavy atom. The number of aliphatic carboxylic acids is 1. The smallest absolute Gasteiger partial charge is 0.310 e. The Hall–Kier alpha value is -1.40. The third-order valence-corrected chi connectivity index (χ3v) is 4.49. The number of carboxylic acids is 1. The largest absolute Gasteiger partial charge is 0.481 e. The monoisotopic (exact) mass is 295 g/mol. The minimum absolute atomic E-state index is 0.0983. The maximum Gasteiger partial charge on any atom is 0.310 e. The van der Waals surface area contributed by atoms with Crippen LogP contribution in [0.4, 0.5) is 0 Å². The van der Waals surface area contributed by atoms with Gasteiger partial charge in [0.05, 0.1) is 24.7 Å². The summed E-state index contributed by atoms with van der Waals surface area (Å²) in [6.45, 7) is 5.58. The SMILES string of the molecule is CC(C)OCCCN1C[C@@]23C=C[C@@H](O2)[C@H](C(=O)O)[C@H]3C1=O. The molecule has 3 heterocycles. The fourth-order valence-corrected chi connectivity index (χ4v) is 3.62. The Morgan fingerprint density at radius 3 is 3.05 bits per heavy atom. The highest BCUT2D eigenvalue weighted by atomic mass is 16.5. The van der Waals surface area contributed by atoms with E-state index < -0.39 is 29.5 Å². The van der Waals surface area contributed by atoms with Crippen molar-refractivity contribution >= 4 is 11.9 Å². The summed E-state index contributed by atoms with van der Waals surface area (Å²) >= 11 is 0. The van der Waals surface area contributed by atoms with Gasteiger partial charge in [-0.25, -0.2) is 0 Å². The molecule has 3 aliphatic rings. The summed E-state index contributed by atoms with van der Waals surface area (Å²) in [5.41, 5.74) is -0.719. The van der Waals surface area contributed by atoms with Crippen molar-refractivity contribution in [3.63, 3.8) is 0 Å². The van der Waals surface area contributed by atoms with E-state index in [9.17, 15) is 14.7 Å². The lowest BCUT2D eigenvalue weighted by atomic mass is 9.77. The minimum atomic E-state index is -0.949. The summed E-state index contributed by atoms with van der Waals surface area (Å²) < 4.78 is 11.3. The Labute approximate surface area is 123 Å². The summed E-state index contributed by atoms with van der Waals surface area (Å²) in [6, 6.07) is 0. The summed E-state index contributed by atoms with van der Waals surface area (Å²) in [6.07, 6.45) is 4.13. The highest BCUT2D eigenvalue weighted by molar-refractivity contribution is 5.90. The zero-order chi connectivity index (χ0) is 15.2. The number of nitrogens with zero attached hydrogens (tertiary/aromatic N) is 1. The van der Waals surface area contributed by atoms with Gasteiger partial charge in [0.1, 0.15) is 11.5 Å². The number of rotatable bonds is 6. The highest BCUT2D eigenvalue weighted by Gasteiger charge is 2.66. The van der Waals surface area contributed by atoms with Crippen LogP contribution in [0.3, 0.4) is 0 Å². The van der Waals surface area contributed by atoms with Gasteiger partial charge in [-0.15, -0.1) is 0 Å². The first-order valence-electron chi connectivity index (χ1n) is 7.45. The highest BCUT2D eigenvalue weighted by Crippen LogP contribution is 2.51. The van der Waals surface area contributed by atoms with Crippen molar-refractivity contribution in [3.05, 3.63) is 12.2 Å². The first-order valence-corrected chi connectivity index (χ1v) is 7.45. The summed E-state index contributed by atoms with van der Waals surface area (Å²) in [5.74, 6) is -2.37. The van der Waals surface area contributed by atoms with E-state index in [1.807, 2.05) is 19.9 Å². The zero-order valence-electron chi connectivity index (χ0n) is 12.3. The number of hydrogen-bond acceptors (Lipinski definition) is 4. The molecule has 3 rings (SSSR count). The third-order valence-electron chi connectivity index (χ3n) is 4.49. The van der Waals surface area contributed by atoms with Gasteiger partial charge in [0.2, 0.25) is 5.91 Å². The Balaban J connectivity index is 1.65. The van der Waals surface area contributed by atoms with Crippen molar-refractivity contribution in [2.24, 2.45) is 11.8 Å². The van der Waals surface area contributed by atoms with Crippen LogP contribution in [0.15, 0.2) is 12.2 Å². The molecular formula is C15H21NO5. The lowest BCUT2D eigenvalue weighted by Gasteiger charge is -2.21. The van der Waals surface area contributed by atoms with Crippen LogP contribution < -0.4 is 0 Å². The molecule has 0 aromatic carbocycles. The fourth-order valence-electron chi connectivity index (χ4n) is 3.62. The van der Waals surface area contributed by atoms with Gasteiger partial charge in [-0.1, -0.05) is 12.2 Å². The van der Waals surface area contributed by atoms with Gasteiger partial charge < -0.3 is 19.5 Å². The second-order valence-corrected chi connectivity index (χ2v) is 6.27. The number of ether oxygens (including phenoxy) is 2. The molecule has 1 N–H and O–H groups in total. The number of amides is 1. The molecule has 2 saturated heterocycles. The molecule has 6 nitrogen and oxygen atoms in total. The Morgan fingerprint density at radius 2 is 2.38 bits per heavy atom. The minimum Gasteiger partial charge on any atom is -0.481 e. The van der Waals surface area contributed by atoms with Gasteiger partial charge in [0.15, 0.2) is 0 Å². The second-order valence-electron chi connectivity index (χ2n) is 6.27. The van der Waals surface area contributed by atoms with Crippen molar-refractivity contribution in [1.82, 2.24) is 4.90 Å². The molecule has 0 aliphatic carbocycles. The van der Waals surface area contributed by atoms with E-state index in [0.29, 0.717) is 19.7 Å². The molecular weight excluding hydrogens is 274 g/mol. The van der Waals surface area contributed by atoms with Gasteiger partial charge in [-0.3, -0.25) is 9.59 Å². The standard InChI is InChI=1S/C15H21NO5/c1-9(2)20-7-3-6-16-8-15-5-4-10(21-15)11(14(18)19)12(15)13(16)17/h4-5,9-12H,3,6-8H2,1-2H3,(H,18,19)/t10-,11+,12+,15-/m1/s1. The van der Waals surface area contributed by atoms with Crippen molar-refractivity contribution in [3.8, 4) is 0 Å². The molecule has 4 atom stereocenters. The lowest BCUT2D eigenvalue weighted by molar-refractivity contribution is -0.148. The fraction of sp³-hybridized carbons (Fsp3) is 0.733. The van der Waals surface area contributed by atoms with Crippen molar-refractivity contribution in [2.45, 2.75) is 38.1 Å². The predicted molar refractivity (Wildman–Crippen MR) is 73.6 cm³/mol. The topological polar surface area (TPSA) is 76.1 Å². The summed E-state index contributed by atoms with van der Waals surface area (Å²) in [7, 11) is 0. The average molecular weight is 295 g/mol. The number of hydrogen-bond donors (Lipinski definition) is 1. The molecule has 21 heavy (non-hydrogen) atoms. The molecule has 0 aromatic heterocycles. The lowest BCUT2D eigenvalue weighted by Crippen LogP contribution is -2.39. The number of fused-ring (bicyclic) bond motifs is 1. The average Bonchev–Trinajstić information content (AvgIpc) is 3.03. The summed E-state index contributed by atoms with van der Waals surface area (Å²) in [4.78, 5) is 25.7. The number of carbonyl (C=O) groups is 2. The summed E-state index contributed by atoms with van der Waals surface area (Å²) in [5, 5.41) is 9.35. The van der Waals surface area contributed by atoms with Crippen LogP contribution in [0.25, 0.3) is 0 Å². The number of carbonyl (C=O) groups excluding carboxylic acids is 1. The van der Waals surface area contributed by atoms with E-state index in [4.69, 9.17) is 9.47 Å². The molecule has 0 radical (unpaired) electrons. The van der Waals surface area contributed by atoms with Crippen LogP contribution in [-0.4, -0.2) is 59.4 Å². The van der Waals surface area contributed by atoms with Crippen molar-refractivity contribution < 1.29 is 24.2 Å². The normalized spacial score (nSPS) is 36.8. The third kappa shape index (κ3) is 2.26. The first-order chi connectivity index (χ1) is 9.94. The van der Waals surface area contributed by atoms with E-state index in [1.54, 1.807) is 11.0 Å². The molecule has 2 bridgehead atoms. The van der Waals surface area contributed by atoms with Gasteiger partial charge in [0, 0.05) is 13.2 Å². The van der Waals surface area contributed by atoms with Crippen LogP contribution in [0.5, 0.6) is 0 Å². The maximum atomic E-state index is 12.5. The first kappa shape index (κ1) is 14.5. The Bertz CT molecular complexity index is 488. The molecule has 0 unspecified atom stereocenters. The maximum absolute atomic E-state index is 12.5. The van der Waals surface area contributed by atoms with E-state index >= 15 is 0 Å². The van der Waals surface area contributed by atoms with Crippen LogP contribution in [-0.2, 0) is 19.1 Å². The second kappa shape index (κ2) is 5.10. The molecule has 116 valence electrons. The molecule has 3 aliphatic heterocycles. The van der Waals surface area contributed by atoms with E-state index in [-0.39, 0.29) is 12.0 Å². The zero-order valence-corrected chi connectivity index (χ0v) is 12.3. The van der Waals surface area contributed by atoms with Gasteiger partial charge >= 0.3 is 5.97 Å². The van der Waals surface area contributed by atoms with E-state index in [2.05, 4.69) is 0 Å². The van der Waals surface area contributed by atoms with Crippen molar-refractivity contribution in [1.29, 1.82) is 0 Å².